The minimum Gasteiger partial charge on any atom is -0.491 e. The number of hydrogen-bond acceptors (Lipinski definition) is 4. The molecule has 0 saturated heterocycles. The van der Waals surface area contributed by atoms with Gasteiger partial charge in [-0.15, -0.1) is 0 Å². The van der Waals surface area contributed by atoms with E-state index >= 15 is 0 Å². The Hall–Kier alpha value is -1.13. The van der Waals surface area contributed by atoms with E-state index < -0.39 is 0 Å². The number of aromatic nitrogens is 1. The average molecular weight is 252 g/mol. The van der Waals surface area contributed by atoms with Crippen LogP contribution in [0.15, 0.2) is 12.3 Å². The molecule has 0 fully saturated rings. The van der Waals surface area contributed by atoms with Crippen LogP contribution in [0.2, 0.25) is 0 Å². The lowest BCUT2D eigenvalue weighted by atomic mass is 10.2. The third-order valence-electron chi connectivity index (χ3n) is 2.38. The highest BCUT2D eigenvalue weighted by molar-refractivity contribution is 5.32. The summed E-state index contributed by atoms with van der Waals surface area (Å²) in [4.78, 5) is 4.27. The third-order valence-corrected chi connectivity index (χ3v) is 2.38. The third kappa shape index (κ3) is 5.47. The van der Waals surface area contributed by atoms with Gasteiger partial charge in [-0.25, -0.2) is 0 Å². The Balaban J connectivity index is 2.42. The van der Waals surface area contributed by atoms with Crippen LogP contribution in [0.25, 0.3) is 0 Å². The van der Waals surface area contributed by atoms with Crippen molar-refractivity contribution in [1.29, 1.82) is 0 Å². The van der Waals surface area contributed by atoms with Gasteiger partial charge in [0, 0.05) is 36.7 Å². The van der Waals surface area contributed by atoms with Crippen LogP contribution in [0.5, 0.6) is 5.75 Å². The summed E-state index contributed by atoms with van der Waals surface area (Å²) in [5.74, 6) is 1.46. The molecule has 1 aromatic heterocycles. The van der Waals surface area contributed by atoms with E-state index in [1.165, 1.54) is 0 Å². The first kappa shape index (κ1) is 14.9. The average Bonchev–Trinajstić information content (AvgIpc) is 2.32. The molecule has 18 heavy (non-hydrogen) atoms. The largest absolute Gasteiger partial charge is 0.491 e. The van der Waals surface area contributed by atoms with Crippen LogP contribution in [-0.2, 0) is 11.3 Å². The van der Waals surface area contributed by atoms with Crippen LogP contribution in [0.4, 0.5) is 0 Å². The Morgan fingerprint density at radius 1 is 1.33 bits per heavy atom. The molecular formula is C14H24N2O2. The molecule has 1 heterocycles. The summed E-state index contributed by atoms with van der Waals surface area (Å²) in [7, 11) is 1.91. The SMILES string of the molecule is CNCc1cnc(C)cc1OCCOCC(C)C. The van der Waals surface area contributed by atoms with E-state index in [0.29, 0.717) is 19.1 Å². The number of ether oxygens (including phenoxy) is 2. The second-order valence-corrected chi connectivity index (χ2v) is 4.78. The molecule has 4 heteroatoms. The van der Waals surface area contributed by atoms with E-state index in [1.54, 1.807) is 0 Å². The molecule has 1 aromatic rings. The number of nitrogens with zero attached hydrogens (tertiary/aromatic N) is 1. The van der Waals surface area contributed by atoms with Crippen molar-refractivity contribution in [1.82, 2.24) is 10.3 Å². The van der Waals surface area contributed by atoms with E-state index in [4.69, 9.17) is 9.47 Å². The fourth-order valence-electron chi connectivity index (χ4n) is 1.55. The first-order valence-electron chi connectivity index (χ1n) is 6.44. The second-order valence-electron chi connectivity index (χ2n) is 4.78. The van der Waals surface area contributed by atoms with Crippen LogP contribution < -0.4 is 10.1 Å². The predicted molar refractivity (Wildman–Crippen MR) is 72.9 cm³/mol. The van der Waals surface area contributed by atoms with Gasteiger partial charge >= 0.3 is 0 Å². The van der Waals surface area contributed by atoms with Crippen molar-refractivity contribution in [3.8, 4) is 5.75 Å². The lowest BCUT2D eigenvalue weighted by Crippen LogP contribution is -2.13. The molecule has 1 N–H and O–H groups in total. The van der Waals surface area contributed by atoms with Gasteiger partial charge < -0.3 is 14.8 Å². The Kier molecular flexibility index (Phi) is 6.68. The van der Waals surface area contributed by atoms with Crippen molar-refractivity contribution < 1.29 is 9.47 Å². The molecule has 0 unspecified atom stereocenters. The van der Waals surface area contributed by atoms with Crippen molar-refractivity contribution in [2.24, 2.45) is 5.92 Å². The maximum absolute atomic E-state index is 5.75. The zero-order chi connectivity index (χ0) is 13.4. The molecule has 0 spiro atoms. The van der Waals surface area contributed by atoms with E-state index in [2.05, 4.69) is 24.1 Å². The zero-order valence-corrected chi connectivity index (χ0v) is 11.8. The van der Waals surface area contributed by atoms with Gasteiger partial charge in [-0.05, 0) is 19.9 Å². The number of nitrogens with one attached hydrogen (secondary N) is 1. The van der Waals surface area contributed by atoms with Crippen LogP contribution in [0, 0.1) is 12.8 Å². The van der Waals surface area contributed by atoms with Crippen molar-refractivity contribution in [2.45, 2.75) is 27.3 Å². The number of pyridine rings is 1. The van der Waals surface area contributed by atoms with Crippen molar-refractivity contribution >= 4 is 0 Å². The molecule has 4 nitrogen and oxygen atoms in total. The lowest BCUT2D eigenvalue weighted by Gasteiger charge is -2.12. The molecule has 0 amide bonds. The fourth-order valence-corrected chi connectivity index (χ4v) is 1.55. The molecule has 1 rings (SSSR count). The Bertz CT molecular complexity index is 354. The van der Waals surface area contributed by atoms with E-state index in [1.807, 2.05) is 26.2 Å². The second kappa shape index (κ2) is 8.06. The summed E-state index contributed by atoms with van der Waals surface area (Å²) < 4.78 is 11.2. The van der Waals surface area contributed by atoms with Crippen LogP contribution in [0.3, 0.4) is 0 Å². The summed E-state index contributed by atoms with van der Waals surface area (Å²) in [6, 6.07) is 1.97. The first-order chi connectivity index (χ1) is 8.63. The summed E-state index contributed by atoms with van der Waals surface area (Å²) in [5, 5.41) is 3.11. The number of rotatable bonds is 8. The minimum atomic E-state index is 0.563. The molecule has 0 radical (unpaired) electrons. The summed E-state index contributed by atoms with van der Waals surface area (Å²) in [6.07, 6.45) is 1.86. The Morgan fingerprint density at radius 2 is 2.11 bits per heavy atom. The fraction of sp³-hybridized carbons (Fsp3) is 0.643. The highest BCUT2D eigenvalue weighted by Crippen LogP contribution is 2.18. The van der Waals surface area contributed by atoms with Gasteiger partial charge in [-0.1, -0.05) is 13.8 Å². The van der Waals surface area contributed by atoms with Gasteiger partial charge in [0.05, 0.1) is 6.61 Å². The van der Waals surface area contributed by atoms with Crippen molar-refractivity contribution in [2.75, 3.05) is 26.9 Å². The highest BCUT2D eigenvalue weighted by Gasteiger charge is 2.04. The molecule has 0 aromatic carbocycles. The summed E-state index contributed by atoms with van der Waals surface area (Å²) in [6.45, 7) is 8.98. The molecular weight excluding hydrogens is 228 g/mol. The first-order valence-corrected chi connectivity index (χ1v) is 6.44. The monoisotopic (exact) mass is 252 g/mol. The topological polar surface area (TPSA) is 43.4 Å². The smallest absolute Gasteiger partial charge is 0.127 e. The quantitative estimate of drug-likeness (QED) is 0.720. The van der Waals surface area contributed by atoms with Crippen LogP contribution in [0.1, 0.15) is 25.1 Å². The zero-order valence-electron chi connectivity index (χ0n) is 11.8. The summed E-state index contributed by atoms with van der Waals surface area (Å²) >= 11 is 0. The standard InChI is InChI=1S/C14H24N2O2/c1-11(2)10-17-5-6-18-14-7-12(3)16-9-13(14)8-15-4/h7,9,11,15H,5-6,8,10H2,1-4H3. The maximum Gasteiger partial charge on any atom is 0.127 e. The Morgan fingerprint density at radius 3 is 2.78 bits per heavy atom. The van der Waals surface area contributed by atoms with E-state index in [9.17, 15) is 0 Å². The van der Waals surface area contributed by atoms with Gasteiger partial charge in [-0.3, -0.25) is 4.98 Å². The van der Waals surface area contributed by atoms with Crippen molar-refractivity contribution in [3.05, 3.63) is 23.5 Å². The summed E-state index contributed by atoms with van der Waals surface area (Å²) in [5.41, 5.74) is 2.04. The van der Waals surface area contributed by atoms with Crippen LogP contribution in [-0.4, -0.2) is 31.9 Å². The van der Waals surface area contributed by atoms with E-state index in [0.717, 1.165) is 30.2 Å². The molecule has 0 aliphatic heterocycles. The molecule has 0 aliphatic carbocycles. The predicted octanol–water partition coefficient (Wildman–Crippen LogP) is 2.16. The molecule has 0 aliphatic rings. The normalized spacial score (nSPS) is 10.9. The lowest BCUT2D eigenvalue weighted by molar-refractivity contribution is 0.0815. The van der Waals surface area contributed by atoms with Gasteiger partial charge in [-0.2, -0.15) is 0 Å². The van der Waals surface area contributed by atoms with Gasteiger partial charge in [0.15, 0.2) is 0 Å². The van der Waals surface area contributed by atoms with E-state index in [-0.39, 0.29) is 0 Å². The number of aryl methyl sites for hydroxylation is 1. The van der Waals surface area contributed by atoms with Crippen molar-refractivity contribution in [3.63, 3.8) is 0 Å². The van der Waals surface area contributed by atoms with Crippen LogP contribution >= 0.6 is 0 Å². The van der Waals surface area contributed by atoms with Gasteiger partial charge in [0.2, 0.25) is 0 Å². The molecule has 102 valence electrons. The maximum atomic E-state index is 5.75. The molecule has 0 atom stereocenters. The Labute approximate surface area is 110 Å². The van der Waals surface area contributed by atoms with Gasteiger partial charge in [0.1, 0.15) is 12.4 Å². The number of hydrogen-bond donors (Lipinski definition) is 1. The molecule has 0 bridgehead atoms. The van der Waals surface area contributed by atoms with Gasteiger partial charge in [0.25, 0.3) is 0 Å². The minimum absolute atomic E-state index is 0.563. The molecule has 0 saturated carbocycles. The highest BCUT2D eigenvalue weighted by atomic mass is 16.5.